The van der Waals surface area contributed by atoms with Crippen LogP contribution in [0, 0.1) is 0 Å². The van der Waals surface area contributed by atoms with Crippen molar-refractivity contribution >= 4 is 52.6 Å². The summed E-state index contributed by atoms with van der Waals surface area (Å²) in [5.41, 5.74) is 1.70. The lowest BCUT2D eigenvalue weighted by atomic mass is 10.1. The van der Waals surface area contributed by atoms with Crippen molar-refractivity contribution in [2.45, 2.75) is 13.8 Å². The normalized spacial score (nSPS) is 15.1. The topological polar surface area (TPSA) is 79.2 Å². The molecule has 0 unspecified atom stereocenters. The van der Waals surface area contributed by atoms with Crippen molar-refractivity contribution in [1.82, 2.24) is 0 Å². The highest BCUT2D eigenvalue weighted by atomic mass is 35.5. The van der Waals surface area contributed by atoms with Crippen LogP contribution in [0.2, 0.25) is 10.0 Å². The number of nitrogens with zero attached hydrogens (tertiary/aromatic N) is 2. The van der Waals surface area contributed by atoms with Crippen molar-refractivity contribution in [3.63, 3.8) is 0 Å². The Balaban J connectivity index is 2.00. The molecule has 2 aromatic carbocycles. The highest BCUT2D eigenvalue weighted by molar-refractivity contribution is 6.34. The van der Waals surface area contributed by atoms with Crippen LogP contribution >= 0.6 is 23.2 Å². The standard InChI is InChI=1S/C20H16Cl2N2O4/c1-3-28-18-7-4-13(21)8-12(18)9-15-11(2)23-24(19(15)25)14-5-6-17(22)16(10-14)20(26)27/h4-10H,3H2,1-2H3,(H,26,27)/b15-9-. The van der Waals surface area contributed by atoms with Crippen molar-refractivity contribution < 1.29 is 19.4 Å². The molecule has 0 fully saturated rings. The molecule has 1 heterocycles. The second-order valence-electron chi connectivity index (χ2n) is 5.94. The summed E-state index contributed by atoms with van der Waals surface area (Å²) >= 11 is 12.0. The molecule has 1 aliphatic rings. The number of carbonyl (C=O) groups is 2. The number of amides is 1. The first-order valence-electron chi connectivity index (χ1n) is 8.38. The smallest absolute Gasteiger partial charge is 0.337 e. The van der Waals surface area contributed by atoms with Crippen LogP contribution in [0.4, 0.5) is 5.69 Å². The minimum Gasteiger partial charge on any atom is -0.493 e. The fourth-order valence-corrected chi connectivity index (χ4v) is 3.12. The maximum atomic E-state index is 12.9. The molecule has 0 atom stereocenters. The predicted molar refractivity (Wildman–Crippen MR) is 110 cm³/mol. The number of benzene rings is 2. The lowest BCUT2D eigenvalue weighted by Gasteiger charge is -2.13. The minimum absolute atomic E-state index is 0.0830. The average Bonchev–Trinajstić information content (AvgIpc) is 2.92. The minimum atomic E-state index is -1.18. The van der Waals surface area contributed by atoms with Crippen LogP contribution in [0.1, 0.15) is 29.8 Å². The van der Waals surface area contributed by atoms with E-state index in [9.17, 15) is 14.7 Å². The van der Waals surface area contributed by atoms with E-state index in [4.69, 9.17) is 27.9 Å². The molecule has 0 radical (unpaired) electrons. The van der Waals surface area contributed by atoms with Gasteiger partial charge in [-0.25, -0.2) is 4.79 Å². The SMILES string of the molecule is CCOc1ccc(Cl)cc1/C=C1\C(=O)N(c2ccc(Cl)c(C(=O)O)c2)N=C1C. The summed E-state index contributed by atoms with van der Waals surface area (Å²) in [6.07, 6.45) is 1.66. The maximum Gasteiger partial charge on any atom is 0.337 e. The Morgan fingerprint density at radius 3 is 2.68 bits per heavy atom. The van der Waals surface area contributed by atoms with Crippen molar-refractivity contribution in [3.8, 4) is 5.75 Å². The number of hydrogen-bond donors (Lipinski definition) is 1. The number of rotatable bonds is 5. The summed E-state index contributed by atoms with van der Waals surface area (Å²) in [7, 11) is 0. The van der Waals surface area contributed by atoms with E-state index in [0.29, 0.717) is 39.9 Å². The number of aromatic carboxylic acids is 1. The molecule has 0 saturated carbocycles. The molecule has 8 heteroatoms. The van der Waals surface area contributed by atoms with Crippen LogP contribution < -0.4 is 9.75 Å². The van der Waals surface area contributed by atoms with Gasteiger partial charge in [0.15, 0.2) is 0 Å². The Morgan fingerprint density at radius 2 is 2.00 bits per heavy atom. The fourth-order valence-electron chi connectivity index (χ4n) is 2.74. The first kappa shape index (κ1) is 19.9. The molecule has 1 aliphatic heterocycles. The zero-order valence-electron chi connectivity index (χ0n) is 15.1. The van der Waals surface area contributed by atoms with Gasteiger partial charge in [0.05, 0.1) is 34.2 Å². The highest BCUT2D eigenvalue weighted by Crippen LogP contribution is 2.31. The molecule has 0 bridgehead atoms. The molecule has 1 N–H and O–H groups in total. The van der Waals surface area contributed by atoms with Gasteiger partial charge in [0.25, 0.3) is 5.91 Å². The quantitative estimate of drug-likeness (QED) is 0.700. The van der Waals surface area contributed by atoms with E-state index in [-0.39, 0.29) is 10.6 Å². The first-order chi connectivity index (χ1) is 13.3. The van der Waals surface area contributed by atoms with Gasteiger partial charge in [0, 0.05) is 10.6 Å². The van der Waals surface area contributed by atoms with Crippen LogP contribution in [-0.2, 0) is 4.79 Å². The van der Waals surface area contributed by atoms with E-state index in [1.165, 1.54) is 18.2 Å². The van der Waals surface area contributed by atoms with Crippen LogP contribution in [0.3, 0.4) is 0 Å². The second-order valence-corrected chi connectivity index (χ2v) is 6.79. The third-order valence-corrected chi connectivity index (χ3v) is 4.62. The van der Waals surface area contributed by atoms with Gasteiger partial charge in [-0.2, -0.15) is 10.1 Å². The lowest BCUT2D eigenvalue weighted by Crippen LogP contribution is -2.21. The van der Waals surface area contributed by atoms with Gasteiger partial charge >= 0.3 is 5.97 Å². The van der Waals surface area contributed by atoms with Crippen LogP contribution in [0.25, 0.3) is 6.08 Å². The third-order valence-electron chi connectivity index (χ3n) is 4.06. The zero-order chi connectivity index (χ0) is 20.4. The molecule has 3 rings (SSSR count). The number of hydrogen-bond acceptors (Lipinski definition) is 4. The lowest BCUT2D eigenvalue weighted by molar-refractivity contribution is -0.114. The van der Waals surface area contributed by atoms with Gasteiger partial charge in [-0.3, -0.25) is 4.79 Å². The van der Waals surface area contributed by atoms with Gasteiger partial charge in [-0.05, 0) is 56.3 Å². The Labute approximate surface area is 171 Å². The van der Waals surface area contributed by atoms with E-state index in [2.05, 4.69) is 5.10 Å². The van der Waals surface area contributed by atoms with Crippen molar-refractivity contribution in [2.75, 3.05) is 11.6 Å². The van der Waals surface area contributed by atoms with Crippen LogP contribution in [0.15, 0.2) is 47.1 Å². The molecule has 0 spiro atoms. The van der Waals surface area contributed by atoms with E-state index in [1.807, 2.05) is 6.92 Å². The Bertz CT molecular complexity index is 1030. The van der Waals surface area contributed by atoms with E-state index in [1.54, 1.807) is 31.2 Å². The number of carbonyl (C=O) groups excluding carboxylic acids is 1. The first-order valence-corrected chi connectivity index (χ1v) is 9.14. The second kappa shape index (κ2) is 8.04. The van der Waals surface area contributed by atoms with E-state index >= 15 is 0 Å². The fraction of sp³-hybridized carbons (Fsp3) is 0.150. The number of ether oxygens (including phenoxy) is 1. The number of anilines is 1. The third kappa shape index (κ3) is 3.88. The number of carboxylic acid groups (broad SMARTS) is 1. The molecule has 28 heavy (non-hydrogen) atoms. The monoisotopic (exact) mass is 418 g/mol. The van der Waals surface area contributed by atoms with Gasteiger partial charge in [0.1, 0.15) is 5.75 Å². The van der Waals surface area contributed by atoms with E-state index < -0.39 is 11.9 Å². The Kier molecular flexibility index (Phi) is 5.72. The molecule has 1 amide bonds. The van der Waals surface area contributed by atoms with Gasteiger partial charge < -0.3 is 9.84 Å². The number of hydrazone groups is 1. The summed E-state index contributed by atoms with van der Waals surface area (Å²) in [6.45, 7) is 4.03. The number of carboxylic acids is 1. The Morgan fingerprint density at radius 1 is 1.25 bits per heavy atom. The van der Waals surface area contributed by atoms with Gasteiger partial charge in [-0.1, -0.05) is 23.2 Å². The summed E-state index contributed by atoms with van der Waals surface area (Å²) in [4.78, 5) is 24.2. The average molecular weight is 419 g/mol. The van der Waals surface area contributed by atoms with Crippen molar-refractivity contribution in [2.24, 2.45) is 5.10 Å². The van der Waals surface area contributed by atoms with Crippen molar-refractivity contribution in [3.05, 3.63) is 63.1 Å². The molecular weight excluding hydrogens is 403 g/mol. The molecule has 6 nitrogen and oxygen atoms in total. The Hall–Kier alpha value is -2.83. The summed E-state index contributed by atoms with van der Waals surface area (Å²) in [6, 6.07) is 9.42. The molecule has 2 aromatic rings. The molecule has 0 aliphatic carbocycles. The summed E-state index contributed by atoms with van der Waals surface area (Å²) in [5.74, 6) is -0.980. The number of halogens is 2. The largest absolute Gasteiger partial charge is 0.493 e. The highest BCUT2D eigenvalue weighted by Gasteiger charge is 2.29. The summed E-state index contributed by atoms with van der Waals surface area (Å²) in [5, 5.41) is 15.3. The van der Waals surface area contributed by atoms with Gasteiger partial charge in [-0.15, -0.1) is 0 Å². The summed E-state index contributed by atoms with van der Waals surface area (Å²) < 4.78 is 5.59. The molecule has 144 valence electrons. The zero-order valence-corrected chi connectivity index (χ0v) is 16.6. The molecule has 0 saturated heterocycles. The van der Waals surface area contributed by atoms with Crippen LogP contribution in [0.5, 0.6) is 5.75 Å². The molecular formula is C20H16Cl2N2O4. The maximum absolute atomic E-state index is 12.9. The van der Waals surface area contributed by atoms with Crippen molar-refractivity contribution in [1.29, 1.82) is 0 Å². The molecule has 0 aromatic heterocycles. The van der Waals surface area contributed by atoms with E-state index in [0.717, 1.165) is 5.01 Å². The van der Waals surface area contributed by atoms with Crippen LogP contribution in [-0.4, -0.2) is 29.3 Å². The van der Waals surface area contributed by atoms with Gasteiger partial charge in [0.2, 0.25) is 0 Å². The predicted octanol–water partition coefficient (Wildman–Crippen LogP) is 4.90.